The minimum absolute atomic E-state index is 0.623. The largest absolute Gasteiger partial charge is 0.500 e. The van der Waals surface area contributed by atoms with E-state index in [4.69, 9.17) is 11.2 Å². The number of ether oxygens (including phenoxy) is 1. The van der Waals surface area contributed by atoms with E-state index < -0.39 is 0 Å². The second-order valence-corrected chi connectivity index (χ2v) is 3.44. The van der Waals surface area contributed by atoms with Crippen molar-refractivity contribution in [1.82, 2.24) is 4.90 Å². The molecule has 0 radical (unpaired) electrons. The summed E-state index contributed by atoms with van der Waals surface area (Å²) in [6.45, 7) is 6.43. The fraction of sp³-hybridized carbons (Fsp3) is 0.286. The van der Waals surface area contributed by atoms with E-state index in [0.29, 0.717) is 13.2 Å². The maximum absolute atomic E-state index is 5.33. The quantitative estimate of drug-likeness (QED) is 0.393. The maximum Gasteiger partial charge on any atom is 0.1000 e. The van der Waals surface area contributed by atoms with E-state index >= 15 is 0 Å². The SMILES string of the molecule is C#CCN(CCOC=C)Cc1ccccc1. The molecule has 0 bridgehead atoms. The van der Waals surface area contributed by atoms with Crippen LogP contribution in [0.3, 0.4) is 0 Å². The molecule has 1 rings (SSSR count). The summed E-state index contributed by atoms with van der Waals surface area (Å²) in [7, 11) is 0. The molecule has 84 valence electrons. The van der Waals surface area contributed by atoms with Gasteiger partial charge < -0.3 is 4.74 Å². The lowest BCUT2D eigenvalue weighted by Gasteiger charge is -2.19. The average molecular weight is 215 g/mol. The second kappa shape index (κ2) is 7.56. The van der Waals surface area contributed by atoms with Crippen molar-refractivity contribution in [2.45, 2.75) is 6.54 Å². The predicted molar refractivity (Wildman–Crippen MR) is 66.7 cm³/mol. The van der Waals surface area contributed by atoms with Crippen LogP contribution >= 0.6 is 0 Å². The van der Waals surface area contributed by atoms with Crippen LogP contribution in [0.25, 0.3) is 0 Å². The summed E-state index contributed by atoms with van der Waals surface area (Å²) in [5.74, 6) is 2.66. The molecule has 0 aliphatic rings. The fourth-order valence-electron chi connectivity index (χ4n) is 1.45. The Balaban J connectivity index is 2.44. The zero-order valence-electron chi connectivity index (χ0n) is 9.43. The summed E-state index contributed by atoms with van der Waals surface area (Å²) in [5.41, 5.74) is 1.26. The molecule has 0 heterocycles. The molecular formula is C14H17NO. The maximum atomic E-state index is 5.33. The third-order valence-electron chi connectivity index (χ3n) is 2.21. The summed E-state index contributed by atoms with van der Waals surface area (Å²) in [5, 5.41) is 0. The zero-order chi connectivity index (χ0) is 11.6. The molecule has 0 saturated carbocycles. The molecule has 0 unspecified atom stereocenters. The van der Waals surface area contributed by atoms with Crippen LogP contribution in [0.15, 0.2) is 43.2 Å². The molecule has 0 spiro atoms. The summed E-state index contributed by atoms with van der Waals surface area (Å²) in [6, 6.07) is 10.3. The van der Waals surface area contributed by atoms with Gasteiger partial charge in [-0.25, -0.2) is 0 Å². The first-order chi connectivity index (χ1) is 7.86. The average Bonchev–Trinajstić information content (AvgIpc) is 2.31. The number of rotatable bonds is 7. The molecule has 1 aromatic rings. The Kier molecular flexibility index (Phi) is 5.83. The van der Waals surface area contributed by atoms with Crippen molar-refractivity contribution in [2.75, 3.05) is 19.7 Å². The number of benzene rings is 1. The molecular weight excluding hydrogens is 198 g/mol. The lowest BCUT2D eigenvalue weighted by molar-refractivity contribution is 0.185. The normalized spacial score (nSPS) is 9.75. The van der Waals surface area contributed by atoms with Gasteiger partial charge in [0.2, 0.25) is 0 Å². The van der Waals surface area contributed by atoms with Gasteiger partial charge in [-0.1, -0.05) is 42.8 Å². The molecule has 16 heavy (non-hydrogen) atoms. The molecule has 0 aliphatic heterocycles. The number of terminal acetylenes is 1. The number of nitrogens with zero attached hydrogens (tertiary/aromatic N) is 1. The van der Waals surface area contributed by atoms with Gasteiger partial charge in [-0.3, -0.25) is 4.90 Å². The van der Waals surface area contributed by atoms with Crippen molar-refractivity contribution in [2.24, 2.45) is 0 Å². The van der Waals surface area contributed by atoms with Crippen LogP contribution in [0.4, 0.5) is 0 Å². The Hall–Kier alpha value is -1.72. The third kappa shape index (κ3) is 4.68. The summed E-state index contributed by atoms with van der Waals surface area (Å²) >= 11 is 0. The first-order valence-electron chi connectivity index (χ1n) is 5.29. The minimum Gasteiger partial charge on any atom is -0.500 e. The van der Waals surface area contributed by atoms with Crippen molar-refractivity contribution in [3.05, 3.63) is 48.7 Å². The first-order valence-corrected chi connectivity index (χ1v) is 5.29. The van der Waals surface area contributed by atoms with Gasteiger partial charge in [0.05, 0.1) is 19.4 Å². The van der Waals surface area contributed by atoms with Crippen LogP contribution in [0.5, 0.6) is 0 Å². The Morgan fingerprint density at radius 3 is 2.75 bits per heavy atom. The molecule has 1 aromatic carbocycles. The van der Waals surface area contributed by atoms with Crippen LogP contribution < -0.4 is 0 Å². The van der Waals surface area contributed by atoms with Gasteiger partial charge in [-0.05, 0) is 5.56 Å². The molecule has 0 aliphatic carbocycles. The fourth-order valence-corrected chi connectivity index (χ4v) is 1.45. The van der Waals surface area contributed by atoms with E-state index in [0.717, 1.165) is 13.1 Å². The number of hydrogen-bond acceptors (Lipinski definition) is 2. The van der Waals surface area contributed by atoms with E-state index in [2.05, 4.69) is 29.5 Å². The monoisotopic (exact) mass is 215 g/mol. The Morgan fingerprint density at radius 2 is 2.12 bits per heavy atom. The highest BCUT2D eigenvalue weighted by atomic mass is 16.5. The molecule has 2 heteroatoms. The van der Waals surface area contributed by atoms with Gasteiger partial charge >= 0.3 is 0 Å². The minimum atomic E-state index is 0.623. The summed E-state index contributed by atoms with van der Waals surface area (Å²) in [6.07, 6.45) is 6.79. The Bertz CT molecular complexity index is 340. The van der Waals surface area contributed by atoms with E-state index in [1.807, 2.05) is 18.2 Å². The van der Waals surface area contributed by atoms with Crippen molar-refractivity contribution in [3.63, 3.8) is 0 Å². The van der Waals surface area contributed by atoms with Gasteiger partial charge in [-0.2, -0.15) is 0 Å². The van der Waals surface area contributed by atoms with Crippen molar-refractivity contribution >= 4 is 0 Å². The molecule has 0 saturated heterocycles. The van der Waals surface area contributed by atoms with Crippen LogP contribution in [0.2, 0.25) is 0 Å². The molecule has 0 atom stereocenters. The van der Waals surface area contributed by atoms with Gasteiger partial charge in [0, 0.05) is 13.1 Å². The van der Waals surface area contributed by atoms with Crippen LogP contribution in [-0.4, -0.2) is 24.6 Å². The van der Waals surface area contributed by atoms with Crippen molar-refractivity contribution in [3.8, 4) is 12.3 Å². The molecule has 0 amide bonds. The highest BCUT2D eigenvalue weighted by Crippen LogP contribution is 2.03. The second-order valence-electron chi connectivity index (χ2n) is 3.44. The standard InChI is InChI=1S/C14H17NO/c1-3-10-15(11-12-16-4-2)13-14-8-6-5-7-9-14/h1,4-9H,2,10-13H2. The third-order valence-corrected chi connectivity index (χ3v) is 2.21. The molecule has 0 aromatic heterocycles. The van der Waals surface area contributed by atoms with Gasteiger partial charge in [-0.15, -0.1) is 6.42 Å². The van der Waals surface area contributed by atoms with Crippen molar-refractivity contribution in [1.29, 1.82) is 0 Å². The number of hydrogen-bond donors (Lipinski definition) is 0. The van der Waals surface area contributed by atoms with E-state index in [1.165, 1.54) is 11.8 Å². The van der Waals surface area contributed by atoms with Gasteiger partial charge in [0.25, 0.3) is 0 Å². The summed E-state index contributed by atoms with van der Waals surface area (Å²) in [4.78, 5) is 2.17. The lowest BCUT2D eigenvalue weighted by atomic mass is 10.2. The van der Waals surface area contributed by atoms with Crippen LogP contribution in [0.1, 0.15) is 5.56 Å². The van der Waals surface area contributed by atoms with Gasteiger partial charge in [0.15, 0.2) is 0 Å². The topological polar surface area (TPSA) is 12.5 Å². The van der Waals surface area contributed by atoms with E-state index in [9.17, 15) is 0 Å². The van der Waals surface area contributed by atoms with E-state index in [1.54, 1.807) is 0 Å². The molecule has 0 N–H and O–H groups in total. The van der Waals surface area contributed by atoms with Gasteiger partial charge in [0.1, 0.15) is 0 Å². The van der Waals surface area contributed by atoms with Crippen molar-refractivity contribution < 1.29 is 4.74 Å². The van der Waals surface area contributed by atoms with Crippen LogP contribution in [-0.2, 0) is 11.3 Å². The van der Waals surface area contributed by atoms with E-state index in [-0.39, 0.29) is 0 Å². The molecule has 2 nitrogen and oxygen atoms in total. The first kappa shape index (κ1) is 12.4. The summed E-state index contributed by atoms with van der Waals surface area (Å²) < 4.78 is 5.10. The predicted octanol–water partition coefficient (Wildman–Crippen LogP) is 2.28. The Morgan fingerprint density at radius 1 is 1.38 bits per heavy atom. The van der Waals surface area contributed by atoms with Crippen LogP contribution in [0, 0.1) is 12.3 Å². The smallest absolute Gasteiger partial charge is 0.1000 e. The Labute approximate surface area is 97.5 Å². The zero-order valence-corrected chi connectivity index (χ0v) is 9.43. The molecule has 0 fully saturated rings. The highest BCUT2D eigenvalue weighted by Gasteiger charge is 2.03. The highest BCUT2D eigenvalue weighted by molar-refractivity contribution is 5.14. The lowest BCUT2D eigenvalue weighted by Crippen LogP contribution is -2.27.